The molecule has 0 N–H and O–H groups in total. The minimum atomic E-state index is 0.250. The monoisotopic (exact) mass is 216 g/mol. The van der Waals surface area contributed by atoms with Crippen molar-refractivity contribution in [2.75, 3.05) is 6.61 Å². The lowest BCUT2D eigenvalue weighted by Crippen LogP contribution is -2.02. The van der Waals surface area contributed by atoms with Gasteiger partial charge in [-0.2, -0.15) is 0 Å². The largest absolute Gasteiger partial charge is 0.494 e. The first-order valence-corrected chi connectivity index (χ1v) is 5.63. The molecule has 0 spiro atoms. The Labute approximate surface area is 98.5 Å². The molecule has 0 saturated heterocycles. The third-order valence-corrected chi connectivity index (χ3v) is 2.78. The van der Waals surface area contributed by atoms with Crippen LogP contribution in [0.15, 0.2) is 48.8 Å². The molecule has 0 saturated carbocycles. The van der Waals surface area contributed by atoms with Gasteiger partial charge in [-0.15, -0.1) is 0 Å². The maximum absolute atomic E-state index is 5.38. The summed E-state index contributed by atoms with van der Waals surface area (Å²) in [6.45, 7) is 14.7. The average Bonchev–Trinajstić information content (AvgIpc) is 2.28. The SMILES string of the molecule is C=C(OCC)C(=C)C(C)c1ccc(C)cc1. The van der Waals surface area contributed by atoms with E-state index in [0.717, 1.165) is 5.57 Å². The minimum absolute atomic E-state index is 0.250. The summed E-state index contributed by atoms with van der Waals surface area (Å²) in [4.78, 5) is 0. The van der Waals surface area contributed by atoms with Crippen LogP contribution in [0, 0.1) is 6.92 Å². The summed E-state index contributed by atoms with van der Waals surface area (Å²) in [5, 5.41) is 0. The van der Waals surface area contributed by atoms with Gasteiger partial charge in [-0.3, -0.25) is 0 Å². The quantitative estimate of drug-likeness (QED) is 0.529. The highest BCUT2D eigenvalue weighted by molar-refractivity contribution is 5.35. The van der Waals surface area contributed by atoms with E-state index in [1.807, 2.05) is 6.92 Å². The third kappa shape index (κ3) is 2.99. The Morgan fingerprint density at radius 2 is 1.81 bits per heavy atom. The maximum atomic E-state index is 5.38. The van der Waals surface area contributed by atoms with Crippen LogP contribution in [-0.4, -0.2) is 6.61 Å². The molecule has 0 amide bonds. The van der Waals surface area contributed by atoms with Crippen LogP contribution in [0.3, 0.4) is 0 Å². The number of allylic oxidation sites excluding steroid dienone is 1. The summed E-state index contributed by atoms with van der Waals surface area (Å²) >= 11 is 0. The first kappa shape index (κ1) is 12.6. The second-order valence-corrected chi connectivity index (χ2v) is 4.01. The molecule has 0 fully saturated rings. The normalized spacial score (nSPS) is 11.9. The van der Waals surface area contributed by atoms with Crippen LogP contribution in [0.1, 0.15) is 30.9 Å². The van der Waals surface area contributed by atoms with E-state index < -0.39 is 0 Å². The van der Waals surface area contributed by atoms with Gasteiger partial charge >= 0.3 is 0 Å². The third-order valence-electron chi connectivity index (χ3n) is 2.78. The van der Waals surface area contributed by atoms with Crippen molar-refractivity contribution in [3.05, 3.63) is 59.9 Å². The van der Waals surface area contributed by atoms with Gasteiger partial charge < -0.3 is 4.74 Å². The van der Waals surface area contributed by atoms with Gasteiger partial charge in [0.1, 0.15) is 5.76 Å². The molecule has 0 radical (unpaired) electrons. The zero-order valence-corrected chi connectivity index (χ0v) is 10.4. The van der Waals surface area contributed by atoms with Crippen LogP contribution in [-0.2, 0) is 4.74 Å². The van der Waals surface area contributed by atoms with Gasteiger partial charge in [-0.1, -0.05) is 49.9 Å². The number of rotatable bonds is 5. The van der Waals surface area contributed by atoms with Crippen LogP contribution < -0.4 is 0 Å². The van der Waals surface area contributed by atoms with Crippen molar-refractivity contribution in [2.45, 2.75) is 26.7 Å². The molecule has 0 aliphatic carbocycles. The Bertz CT molecular complexity index is 373. The van der Waals surface area contributed by atoms with Crippen LogP contribution >= 0.6 is 0 Å². The summed E-state index contributed by atoms with van der Waals surface area (Å²) in [6.07, 6.45) is 0. The fourth-order valence-electron chi connectivity index (χ4n) is 1.56. The summed E-state index contributed by atoms with van der Waals surface area (Å²) < 4.78 is 5.38. The molecule has 16 heavy (non-hydrogen) atoms. The highest BCUT2D eigenvalue weighted by Gasteiger charge is 2.12. The number of benzene rings is 1. The van der Waals surface area contributed by atoms with Gasteiger partial charge in [0.2, 0.25) is 0 Å². The van der Waals surface area contributed by atoms with E-state index in [0.29, 0.717) is 12.4 Å². The van der Waals surface area contributed by atoms with Gasteiger partial charge in [0.05, 0.1) is 6.61 Å². The van der Waals surface area contributed by atoms with Crippen LogP contribution in [0.25, 0.3) is 0 Å². The van der Waals surface area contributed by atoms with E-state index >= 15 is 0 Å². The maximum Gasteiger partial charge on any atom is 0.115 e. The summed E-state index contributed by atoms with van der Waals surface area (Å²) in [7, 11) is 0. The topological polar surface area (TPSA) is 9.23 Å². The van der Waals surface area contributed by atoms with Crippen molar-refractivity contribution in [1.29, 1.82) is 0 Å². The molecule has 86 valence electrons. The molecule has 0 aliphatic heterocycles. The molecule has 1 atom stereocenters. The smallest absolute Gasteiger partial charge is 0.115 e. The Morgan fingerprint density at radius 3 is 2.31 bits per heavy atom. The molecule has 1 aromatic carbocycles. The van der Waals surface area contributed by atoms with Gasteiger partial charge in [0, 0.05) is 5.92 Å². The first-order valence-electron chi connectivity index (χ1n) is 5.63. The predicted octanol–water partition coefficient (Wildman–Crippen LogP) is 4.20. The van der Waals surface area contributed by atoms with Crippen LogP contribution in [0.2, 0.25) is 0 Å². The highest BCUT2D eigenvalue weighted by Crippen LogP contribution is 2.27. The fraction of sp³-hybridized carbons (Fsp3) is 0.333. The molecule has 1 unspecified atom stereocenters. The van der Waals surface area contributed by atoms with Crippen molar-refractivity contribution in [1.82, 2.24) is 0 Å². The molecular weight excluding hydrogens is 196 g/mol. The summed E-state index contributed by atoms with van der Waals surface area (Å²) in [5.41, 5.74) is 3.47. The van der Waals surface area contributed by atoms with Gasteiger partial charge in [0.15, 0.2) is 0 Å². The summed E-state index contributed by atoms with van der Waals surface area (Å²) in [5.74, 6) is 0.940. The van der Waals surface area contributed by atoms with E-state index in [4.69, 9.17) is 4.74 Å². The lowest BCUT2D eigenvalue weighted by atomic mass is 9.92. The van der Waals surface area contributed by atoms with E-state index in [1.54, 1.807) is 0 Å². The van der Waals surface area contributed by atoms with E-state index in [9.17, 15) is 0 Å². The lowest BCUT2D eigenvalue weighted by Gasteiger charge is -2.17. The molecule has 0 heterocycles. The first-order chi connectivity index (χ1) is 7.56. The Morgan fingerprint density at radius 1 is 1.25 bits per heavy atom. The van der Waals surface area contributed by atoms with Gasteiger partial charge in [0.25, 0.3) is 0 Å². The zero-order chi connectivity index (χ0) is 12.1. The lowest BCUT2D eigenvalue weighted by molar-refractivity contribution is 0.236. The van der Waals surface area contributed by atoms with Crippen molar-refractivity contribution in [3.63, 3.8) is 0 Å². The molecule has 0 aromatic heterocycles. The molecule has 1 rings (SSSR count). The number of hydrogen-bond donors (Lipinski definition) is 0. The number of hydrogen-bond acceptors (Lipinski definition) is 1. The average molecular weight is 216 g/mol. The van der Waals surface area contributed by atoms with E-state index in [1.165, 1.54) is 11.1 Å². The zero-order valence-electron chi connectivity index (χ0n) is 10.4. The van der Waals surface area contributed by atoms with Crippen LogP contribution in [0.4, 0.5) is 0 Å². The Balaban J connectivity index is 2.77. The second kappa shape index (κ2) is 5.55. The van der Waals surface area contributed by atoms with Gasteiger partial charge in [-0.05, 0) is 25.0 Å². The molecule has 0 aliphatic rings. The van der Waals surface area contributed by atoms with Crippen LogP contribution in [0.5, 0.6) is 0 Å². The highest BCUT2D eigenvalue weighted by atomic mass is 16.5. The van der Waals surface area contributed by atoms with E-state index in [2.05, 4.69) is 51.3 Å². The van der Waals surface area contributed by atoms with Crippen molar-refractivity contribution < 1.29 is 4.74 Å². The van der Waals surface area contributed by atoms with Crippen molar-refractivity contribution in [3.8, 4) is 0 Å². The Kier molecular flexibility index (Phi) is 4.36. The second-order valence-electron chi connectivity index (χ2n) is 4.01. The van der Waals surface area contributed by atoms with Gasteiger partial charge in [-0.25, -0.2) is 0 Å². The predicted molar refractivity (Wildman–Crippen MR) is 69.5 cm³/mol. The van der Waals surface area contributed by atoms with Crippen molar-refractivity contribution in [2.24, 2.45) is 0 Å². The number of ether oxygens (including phenoxy) is 1. The van der Waals surface area contributed by atoms with E-state index in [-0.39, 0.29) is 5.92 Å². The molecule has 1 heteroatoms. The number of aryl methyl sites for hydroxylation is 1. The standard InChI is InChI=1S/C15H20O/c1-6-16-14(5)12(3)13(4)15-9-7-11(2)8-10-15/h7-10,13H,3,5-6H2,1-2,4H3. The fourth-order valence-corrected chi connectivity index (χ4v) is 1.56. The summed E-state index contributed by atoms with van der Waals surface area (Å²) in [6, 6.07) is 8.49. The molecule has 1 nitrogen and oxygen atoms in total. The molecular formula is C15H20O. The molecule has 0 bridgehead atoms. The molecule has 1 aromatic rings. The minimum Gasteiger partial charge on any atom is -0.494 e. The van der Waals surface area contributed by atoms with Crippen molar-refractivity contribution >= 4 is 0 Å². The Hall–Kier alpha value is -1.50.